The molecule has 0 aliphatic rings. The molecule has 1 aromatic carbocycles. The summed E-state index contributed by atoms with van der Waals surface area (Å²) in [6.07, 6.45) is 1.54. The highest BCUT2D eigenvalue weighted by molar-refractivity contribution is 7.14. The average Bonchev–Trinajstić information content (AvgIpc) is 3.33. The molecule has 0 bridgehead atoms. The first-order chi connectivity index (χ1) is 13.5. The van der Waals surface area contributed by atoms with E-state index < -0.39 is 0 Å². The van der Waals surface area contributed by atoms with Gasteiger partial charge in [-0.2, -0.15) is 0 Å². The van der Waals surface area contributed by atoms with E-state index in [4.69, 9.17) is 9.15 Å². The second kappa shape index (κ2) is 8.71. The van der Waals surface area contributed by atoms with Gasteiger partial charge in [-0.1, -0.05) is 17.7 Å². The van der Waals surface area contributed by atoms with E-state index in [1.807, 2.05) is 32.0 Å². The van der Waals surface area contributed by atoms with Crippen molar-refractivity contribution in [1.29, 1.82) is 0 Å². The molecular formula is C20H21N3O4S. The number of carbonyl (C=O) groups is 2. The Kier molecular flexibility index (Phi) is 6.10. The van der Waals surface area contributed by atoms with Crippen LogP contribution in [-0.4, -0.2) is 23.9 Å². The lowest BCUT2D eigenvalue weighted by Gasteiger charge is -2.17. The monoisotopic (exact) mass is 399 g/mol. The normalized spacial score (nSPS) is 11.7. The molecule has 7 nitrogen and oxygen atoms in total. The summed E-state index contributed by atoms with van der Waals surface area (Å²) in [5.74, 6) is 0.395. The number of aryl methyl sites for hydroxylation is 1. The molecule has 2 heterocycles. The minimum atomic E-state index is -0.379. The number of thiazole rings is 1. The summed E-state index contributed by atoms with van der Waals surface area (Å²) < 4.78 is 10.4. The third-order valence-corrected chi connectivity index (χ3v) is 4.89. The van der Waals surface area contributed by atoms with Crippen molar-refractivity contribution in [2.45, 2.75) is 26.3 Å². The number of furan rings is 1. The van der Waals surface area contributed by atoms with Gasteiger partial charge in [-0.15, -0.1) is 11.3 Å². The number of ether oxygens (including phenoxy) is 1. The van der Waals surface area contributed by atoms with Gasteiger partial charge in [0.1, 0.15) is 5.75 Å². The Bertz CT molecular complexity index is 966. The van der Waals surface area contributed by atoms with Crippen molar-refractivity contribution in [2.24, 2.45) is 0 Å². The zero-order valence-electron chi connectivity index (χ0n) is 15.8. The summed E-state index contributed by atoms with van der Waals surface area (Å²) in [7, 11) is 1.61. The number of nitrogens with zero attached hydrogens (tertiary/aromatic N) is 1. The van der Waals surface area contributed by atoms with E-state index in [2.05, 4.69) is 15.6 Å². The molecule has 2 N–H and O–H groups in total. The van der Waals surface area contributed by atoms with Gasteiger partial charge >= 0.3 is 0 Å². The van der Waals surface area contributed by atoms with E-state index in [1.165, 1.54) is 17.6 Å². The molecule has 0 saturated carbocycles. The number of methoxy groups -OCH3 is 1. The minimum absolute atomic E-state index is 0.117. The molecule has 1 unspecified atom stereocenters. The molecule has 0 aliphatic carbocycles. The van der Waals surface area contributed by atoms with Crippen LogP contribution < -0.4 is 15.4 Å². The lowest BCUT2D eigenvalue weighted by Crippen LogP contribution is -2.28. The van der Waals surface area contributed by atoms with Crippen molar-refractivity contribution >= 4 is 28.3 Å². The summed E-state index contributed by atoms with van der Waals surface area (Å²) in [6, 6.07) is 8.84. The van der Waals surface area contributed by atoms with Gasteiger partial charge in [-0.25, -0.2) is 4.98 Å². The third-order valence-electron chi connectivity index (χ3n) is 4.09. The van der Waals surface area contributed by atoms with Crippen molar-refractivity contribution in [3.63, 3.8) is 0 Å². The smallest absolute Gasteiger partial charge is 0.293 e. The van der Waals surface area contributed by atoms with Crippen molar-refractivity contribution in [1.82, 2.24) is 10.3 Å². The minimum Gasteiger partial charge on any atom is -0.496 e. The molecule has 146 valence electrons. The SMILES string of the molecule is COc1ccc(C)cc1C(C)NC(=O)Cc1csc(NC(=O)c2ccco2)n1. The molecule has 2 aromatic heterocycles. The zero-order valence-corrected chi connectivity index (χ0v) is 16.6. The highest BCUT2D eigenvalue weighted by Gasteiger charge is 2.16. The van der Waals surface area contributed by atoms with Gasteiger partial charge in [0.2, 0.25) is 5.91 Å². The van der Waals surface area contributed by atoms with Gasteiger partial charge in [0.15, 0.2) is 10.9 Å². The molecule has 2 amide bonds. The van der Waals surface area contributed by atoms with Gasteiger partial charge in [-0.3, -0.25) is 14.9 Å². The van der Waals surface area contributed by atoms with E-state index in [0.717, 1.165) is 16.9 Å². The summed E-state index contributed by atoms with van der Waals surface area (Å²) in [5.41, 5.74) is 2.59. The average molecular weight is 399 g/mol. The van der Waals surface area contributed by atoms with Crippen molar-refractivity contribution in [3.8, 4) is 5.75 Å². The second-order valence-corrected chi connectivity index (χ2v) is 7.14. The van der Waals surface area contributed by atoms with Gasteiger partial charge in [0.25, 0.3) is 5.91 Å². The molecular weight excluding hydrogens is 378 g/mol. The molecule has 0 fully saturated rings. The van der Waals surface area contributed by atoms with E-state index in [1.54, 1.807) is 24.6 Å². The Hall–Kier alpha value is -3.13. The summed E-state index contributed by atoms with van der Waals surface area (Å²) in [6.45, 7) is 3.90. The number of anilines is 1. The first-order valence-corrected chi connectivity index (χ1v) is 9.57. The summed E-state index contributed by atoms with van der Waals surface area (Å²) in [5, 5.41) is 7.77. The Morgan fingerprint density at radius 3 is 2.86 bits per heavy atom. The van der Waals surface area contributed by atoms with E-state index >= 15 is 0 Å². The number of hydrogen-bond donors (Lipinski definition) is 2. The predicted molar refractivity (Wildman–Crippen MR) is 107 cm³/mol. The van der Waals surface area contributed by atoms with Crippen LogP contribution in [0.2, 0.25) is 0 Å². The molecule has 0 spiro atoms. The molecule has 0 saturated heterocycles. The van der Waals surface area contributed by atoms with Crippen LogP contribution in [0.25, 0.3) is 0 Å². The van der Waals surface area contributed by atoms with Crippen molar-refractivity contribution in [2.75, 3.05) is 12.4 Å². The maximum Gasteiger partial charge on any atom is 0.293 e. The largest absolute Gasteiger partial charge is 0.496 e. The Balaban J connectivity index is 1.59. The van der Waals surface area contributed by atoms with Gasteiger partial charge in [0, 0.05) is 10.9 Å². The molecule has 3 aromatic rings. The van der Waals surface area contributed by atoms with Crippen molar-refractivity contribution < 1.29 is 18.7 Å². The van der Waals surface area contributed by atoms with Crippen LogP contribution in [0.15, 0.2) is 46.4 Å². The molecule has 0 aliphatic heterocycles. The fraction of sp³-hybridized carbons (Fsp3) is 0.250. The lowest BCUT2D eigenvalue weighted by molar-refractivity contribution is -0.121. The fourth-order valence-electron chi connectivity index (χ4n) is 2.74. The summed E-state index contributed by atoms with van der Waals surface area (Å²) >= 11 is 1.26. The maximum absolute atomic E-state index is 12.4. The molecule has 0 radical (unpaired) electrons. The van der Waals surface area contributed by atoms with Crippen LogP contribution in [0, 0.1) is 6.92 Å². The van der Waals surface area contributed by atoms with E-state index in [-0.39, 0.29) is 30.0 Å². The zero-order chi connectivity index (χ0) is 20.1. The highest BCUT2D eigenvalue weighted by atomic mass is 32.1. The van der Waals surface area contributed by atoms with Crippen LogP contribution in [0.4, 0.5) is 5.13 Å². The molecule has 28 heavy (non-hydrogen) atoms. The molecule has 3 rings (SSSR count). The third kappa shape index (κ3) is 4.77. The Labute approximate surface area is 166 Å². The van der Waals surface area contributed by atoms with E-state index in [9.17, 15) is 9.59 Å². The number of nitrogens with one attached hydrogen (secondary N) is 2. The number of rotatable bonds is 7. The van der Waals surface area contributed by atoms with Crippen LogP contribution in [-0.2, 0) is 11.2 Å². The van der Waals surface area contributed by atoms with Crippen LogP contribution in [0.5, 0.6) is 5.75 Å². The van der Waals surface area contributed by atoms with Crippen molar-refractivity contribution in [3.05, 3.63) is 64.6 Å². The Morgan fingerprint density at radius 2 is 2.14 bits per heavy atom. The topological polar surface area (TPSA) is 93.5 Å². The standard InChI is InChI=1S/C20H21N3O4S/c1-12-6-7-16(26-3)15(9-12)13(2)21-18(24)10-14-11-28-20(22-14)23-19(25)17-5-4-8-27-17/h4-9,11,13H,10H2,1-3H3,(H,21,24)(H,22,23,25). The fourth-order valence-corrected chi connectivity index (χ4v) is 3.44. The number of amides is 2. The highest BCUT2D eigenvalue weighted by Crippen LogP contribution is 2.26. The quantitative estimate of drug-likeness (QED) is 0.631. The molecule has 8 heteroatoms. The van der Waals surface area contributed by atoms with Crippen LogP contribution >= 0.6 is 11.3 Å². The predicted octanol–water partition coefficient (Wildman–Crippen LogP) is 3.73. The second-order valence-electron chi connectivity index (χ2n) is 6.29. The maximum atomic E-state index is 12.4. The van der Waals surface area contributed by atoms with Gasteiger partial charge < -0.3 is 14.5 Å². The first kappa shape index (κ1) is 19.6. The lowest BCUT2D eigenvalue weighted by atomic mass is 10.0. The summed E-state index contributed by atoms with van der Waals surface area (Å²) in [4.78, 5) is 28.7. The number of hydrogen-bond acceptors (Lipinski definition) is 6. The van der Waals surface area contributed by atoms with Crippen LogP contribution in [0.3, 0.4) is 0 Å². The van der Waals surface area contributed by atoms with Crippen LogP contribution in [0.1, 0.15) is 40.3 Å². The Morgan fingerprint density at radius 1 is 1.32 bits per heavy atom. The number of carbonyl (C=O) groups excluding carboxylic acids is 2. The van der Waals surface area contributed by atoms with Gasteiger partial charge in [-0.05, 0) is 32.0 Å². The number of aromatic nitrogens is 1. The number of benzene rings is 1. The first-order valence-electron chi connectivity index (χ1n) is 8.69. The van der Waals surface area contributed by atoms with E-state index in [0.29, 0.717) is 10.8 Å². The molecule has 1 atom stereocenters. The van der Waals surface area contributed by atoms with Gasteiger partial charge in [0.05, 0.1) is 31.5 Å².